The van der Waals surface area contributed by atoms with Crippen LogP contribution in [0.4, 0.5) is 11.4 Å². The van der Waals surface area contributed by atoms with Gasteiger partial charge in [0, 0.05) is 47.8 Å². The molecule has 6 heterocycles. The van der Waals surface area contributed by atoms with Crippen molar-refractivity contribution >= 4 is 44.9 Å². The molecule has 4 aromatic rings. The fourth-order valence-corrected chi connectivity index (χ4v) is 6.84. The number of piperidine rings is 3. The van der Waals surface area contributed by atoms with E-state index in [0.717, 1.165) is 66.8 Å². The highest BCUT2D eigenvalue weighted by atomic mass is 35.5. The molecule has 2 bridgehead atoms. The number of pyridine rings is 1. The molecule has 0 aliphatic carbocycles. The van der Waals surface area contributed by atoms with Gasteiger partial charge in [0.05, 0.1) is 22.2 Å². The smallest absolute Gasteiger partial charge is 0.261 e. The number of benzene rings is 2. The van der Waals surface area contributed by atoms with E-state index in [1.807, 2.05) is 18.2 Å². The van der Waals surface area contributed by atoms with Crippen LogP contribution in [0, 0.1) is 5.92 Å². The molecule has 198 valence electrons. The van der Waals surface area contributed by atoms with Crippen molar-refractivity contribution < 1.29 is 0 Å². The van der Waals surface area contributed by atoms with Crippen molar-refractivity contribution in [3.8, 4) is 11.4 Å². The molecule has 2 aromatic carbocycles. The summed E-state index contributed by atoms with van der Waals surface area (Å²) in [5, 5.41) is 5.37. The van der Waals surface area contributed by atoms with Gasteiger partial charge in [0.2, 0.25) is 0 Å². The van der Waals surface area contributed by atoms with E-state index < -0.39 is 0 Å². The summed E-state index contributed by atoms with van der Waals surface area (Å²) >= 11 is 6.45. The van der Waals surface area contributed by atoms with E-state index in [1.165, 1.54) is 18.5 Å². The fourth-order valence-electron chi connectivity index (χ4n) is 6.67. The Bertz CT molecular complexity index is 1570. The van der Waals surface area contributed by atoms with Gasteiger partial charge in [-0.2, -0.15) is 0 Å². The minimum absolute atomic E-state index is 0.156. The zero-order chi connectivity index (χ0) is 26.0. The predicted octanol–water partition coefficient (Wildman–Crippen LogP) is 4.37. The fraction of sp³-hybridized carbons (Fsp3) is 0.448. The van der Waals surface area contributed by atoms with Crippen molar-refractivity contribution in [1.29, 1.82) is 0 Å². The molecule has 1 unspecified atom stereocenters. The molecule has 0 radical (unpaired) electrons. The summed E-state index contributed by atoms with van der Waals surface area (Å²) in [4.78, 5) is 32.3. The van der Waals surface area contributed by atoms with E-state index in [0.29, 0.717) is 28.4 Å². The molecule has 0 spiro atoms. The first kappa shape index (κ1) is 24.0. The van der Waals surface area contributed by atoms with Crippen LogP contribution in [0.1, 0.15) is 19.3 Å². The number of nitrogens with one attached hydrogen (secondary N) is 3. The monoisotopic (exact) mass is 531 g/mol. The Balaban J connectivity index is 1.31. The van der Waals surface area contributed by atoms with Gasteiger partial charge >= 0.3 is 0 Å². The predicted molar refractivity (Wildman–Crippen MR) is 156 cm³/mol. The van der Waals surface area contributed by atoms with Crippen LogP contribution in [0.15, 0.2) is 41.2 Å². The quantitative estimate of drug-likeness (QED) is 0.355. The van der Waals surface area contributed by atoms with Crippen molar-refractivity contribution in [3.63, 3.8) is 0 Å². The molecule has 0 amide bonds. The number of imidazole rings is 1. The van der Waals surface area contributed by atoms with Crippen LogP contribution in [-0.4, -0.2) is 83.7 Å². The highest BCUT2D eigenvalue weighted by Crippen LogP contribution is 2.37. The van der Waals surface area contributed by atoms with Crippen LogP contribution in [0.25, 0.3) is 33.3 Å². The van der Waals surface area contributed by atoms with Crippen molar-refractivity contribution in [1.82, 2.24) is 24.8 Å². The number of rotatable bonds is 5. The number of aromatic amines is 2. The Kier molecular flexibility index (Phi) is 5.87. The number of H-pyrrole nitrogens is 2. The Morgan fingerprint density at radius 2 is 1.84 bits per heavy atom. The zero-order valence-corrected chi connectivity index (χ0v) is 22.7. The van der Waals surface area contributed by atoms with Crippen LogP contribution >= 0.6 is 11.6 Å². The topological polar surface area (TPSA) is 83.3 Å². The van der Waals surface area contributed by atoms with Gasteiger partial charge in [0.1, 0.15) is 11.4 Å². The number of anilines is 2. The lowest BCUT2D eigenvalue weighted by molar-refractivity contribution is 0.0976. The molecule has 4 fully saturated rings. The zero-order valence-electron chi connectivity index (χ0n) is 21.9. The van der Waals surface area contributed by atoms with Crippen LogP contribution in [-0.2, 0) is 0 Å². The third-order valence-corrected chi connectivity index (χ3v) is 9.16. The Morgan fingerprint density at radius 1 is 1.00 bits per heavy atom. The normalized spacial score (nSPS) is 25.2. The SMILES string of the molecule is CN(C)C1CCN(c2ccc3nc(-c4c(N[C@@H]5CN6CCC5CC6)c5cc(Cl)ccc5[nH]c4=O)[nH]c3c2)C1. The van der Waals surface area contributed by atoms with E-state index in [-0.39, 0.29) is 11.6 Å². The number of fused-ring (bicyclic) bond motifs is 5. The van der Waals surface area contributed by atoms with Gasteiger partial charge in [0.15, 0.2) is 0 Å². The van der Waals surface area contributed by atoms with Crippen molar-refractivity contribution in [2.75, 3.05) is 57.0 Å². The number of likely N-dealkylation sites (N-methyl/N-ethyl adjacent to an activating group) is 1. The van der Waals surface area contributed by atoms with E-state index in [4.69, 9.17) is 16.6 Å². The molecule has 2 aromatic heterocycles. The van der Waals surface area contributed by atoms with Gasteiger partial charge in [-0.1, -0.05) is 11.6 Å². The molecule has 8 nitrogen and oxygen atoms in total. The van der Waals surface area contributed by atoms with Crippen molar-refractivity contribution in [2.24, 2.45) is 5.92 Å². The second kappa shape index (κ2) is 9.29. The average molecular weight is 532 g/mol. The molecule has 8 rings (SSSR count). The van der Waals surface area contributed by atoms with Gasteiger partial charge in [-0.05, 0) is 88.8 Å². The van der Waals surface area contributed by atoms with Gasteiger partial charge in [-0.15, -0.1) is 0 Å². The summed E-state index contributed by atoms with van der Waals surface area (Å²) in [5.74, 6) is 1.18. The first-order valence-corrected chi connectivity index (χ1v) is 14.1. The van der Waals surface area contributed by atoms with Crippen LogP contribution < -0.4 is 15.8 Å². The molecule has 38 heavy (non-hydrogen) atoms. The molecule has 0 saturated carbocycles. The summed E-state index contributed by atoms with van der Waals surface area (Å²) in [6.45, 7) is 5.37. The lowest BCUT2D eigenvalue weighted by Gasteiger charge is -2.45. The summed E-state index contributed by atoms with van der Waals surface area (Å²) in [6, 6.07) is 12.8. The highest BCUT2D eigenvalue weighted by molar-refractivity contribution is 6.31. The maximum Gasteiger partial charge on any atom is 0.261 e. The first-order valence-electron chi connectivity index (χ1n) is 13.7. The van der Waals surface area contributed by atoms with Gasteiger partial charge < -0.3 is 30.0 Å². The molecule has 4 aliphatic heterocycles. The molecule has 4 aliphatic rings. The average Bonchev–Trinajstić information content (AvgIpc) is 3.57. The van der Waals surface area contributed by atoms with Gasteiger partial charge in [0.25, 0.3) is 5.56 Å². The summed E-state index contributed by atoms with van der Waals surface area (Å²) in [6.07, 6.45) is 3.53. The lowest BCUT2D eigenvalue weighted by atomic mass is 9.83. The second-order valence-electron chi connectivity index (χ2n) is 11.4. The minimum atomic E-state index is -0.156. The summed E-state index contributed by atoms with van der Waals surface area (Å²) in [5.41, 5.74) is 4.95. The first-order chi connectivity index (χ1) is 18.4. The maximum atomic E-state index is 13.6. The maximum absolute atomic E-state index is 13.6. The van der Waals surface area contributed by atoms with Crippen LogP contribution in [0.2, 0.25) is 5.02 Å². The van der Waals surface area contributed by atoms with Gasteiger partial charge in [-0.3, -0.25) is 4.79 Å². The Morgan fingerprint density at radius 3 is 2.58 bits per heavy atom. The summed E-state index contributed by atoms with van der Waals surface area (Å²) < 4.78 is 0. The van der Waals surface area contributed by atoms with E-state index in [1.54, 1.807) is 0 Å². The number of halogens is 1. The number of nitrogens with zero attached hydrogens (tertiary/aromatic N) is 4. The van der Waals surface area contributed by atoms with Crippen LogP contribution in [0.3, 0.4) is 0 Å². The summed E-state index contributed by atoms with van der Waals surface area (Å²) in [7, 11) is 4.29. The molecule has 2 atom stereocenters. The van der Waals surface area contributed by atoms with Crippen LogP contribution in [0.5, 0.6) is 0 Å². The largest absolute Gasteiger partial charge is 0.379 e. The highest BCUT2D eigenvalue weighted by Gasteiger charge is 2.35. The number of aromatic nitrogens is 3. The van der Waals surface area contributed by atoms with E-state index in [9.17, 15) is 4.79 Å². The minimum Gasteiger partial charge on any atom is -0.379 e. The van der Waals surface area contributed by atoms with Crippen molar-refractivity contribution in [3.05, 3.63) is 51.8 Å². The molecular weight excluding hydrogens is 498 g/mol. The molecular formula is C29H34ClN7O. The lowest BCUT2D eigenvalue weighted by Crippen LogP contribution is -2.53. The van der Waals surface area contributed by atoms with Crippen molar-refractivity contribution in [2.45, 2.75) is 31.3 Å². The molecule has 4 saturated heterocycles. The van der Waals surface area contributed by atoms with E-state index >= 15 is 0 Å². The third-order valence-electron chi connectivity index (χ3n) is 8.92. The Hall–Kier alpha value is -3.07. The second-order valence-corrected chi connectivity index (χ2v) is 11.9. The molecule has 9 heteroatoms. The van der Waals surface area contributed by atoms with E-state index in [2.05, 4.69) is 62.3 Å². The number of hydrogen-bond acceptors (Lipinski definition) is 6. The number of hydrogen-bond donors (Lipinski definition) is 3. The standard InChI is InChI=1S/C29H34ClN7O/c1-35(2)20-9-12-37(15-20)19-4-6-23-24(14-19)33-28(32-23)26-27(31-25-16-36-10-7-17(25)8-11-36)21-13-18(30)3-5-22(21)34-29(26)38/h3-6,13-14,17,20,25H,7-12,15-16H2,1-2H3,(H,32,33)(H2,31,34,38)/t20?,25-/m1/s1. The van der Waals surface area contributed by atoms with Gasteiger partial charge in [-0.25, -0.2) is 4.98 Å². The third kappa shape index (κ3) is 4.15. The Labute approximate surface area is 227 Å². The molecule has 3 N–H and O–H groups in total.